The van der Waals surface area contributed by atoms with Crippen LogP contribution in [0.4, 0.5) is 8.78 Å². The van der Waals surface area contributed by atoms with E-state index in [0.29, 0.717) is 11.5 Å². The lowest BCUT2D eigenvalue weighted by Gasteiger charge is -2.24. The first kappa shape index (κ1) is 12.1. The van der Waals surface area contributed by atoms with Crippen LogP contribution in [-0.2, 0) is 5.54 Å². The zero-order valence-electron chi connectivity index (χ0n) is 9.30. The summed E-state index contributed by atoms with van der Waals surface area (Å²) in [6.07, 6.45) is -2.55. The molecule has 0 heterocycles. The molecule has 1 aromatic carbocycles. The number of hydrogen-bond donors (Lipinski definition) is 1. The summed E-state index contributed by atoms with van der Waals surface area (Å²) in [5.74, 6) is 0.398. The van der Waals surface area contributed by atoms with Gasteiger partial charge in [-0.2, -0.15) is 0 Å². The summed E-state index contributed by atoms with van der Waals surface area (Å²) in [6.45, 7) is 5.47. The minimum absolute atomic E-state index is 0.398. The van der Waals surface area contributed by atoms with E-state index in [1.54, 1.807) is 12.1 Å². The first-order chi connectivity index (χ1) is 6.85. The lowest BCUT2D eigenvalue weighted by molar-refractivity contribution is 0.0625. The van der Waals surface area contributed by atoms with E-state index in [2.05, 4.69) is 13.8 Å². The van der Waals surface area contributed by atoms with Gasteiger partial charge in [-0.05, 0) is 24.0 Å². The normalized spacial score (nSPS) is 15.7. The number of hydrogen-bond acceptors (Lipinski definition) is 1. The molecule has 0 amide bonds. The average Bonchev–Trinajstić information content (AvgIpc) is 2.17. The monoisotopic (exact) mass is 213 g/mol. The van der Waals surface area contributed by atoms with Crippen molar-refractivity contribution in [1.29, 1.82) is 0 Å². The molecule has 2 N–H and O–H groups in total. The predicted molar refractivity (Wildman–Crippen MR) is 58.1 cm³/mol. The average molecular weight is 213 g/mol. The number of benzene rings is 1. The Morgan fingerprint density at radius 1 is 1.13 bits per heavy atom. The summed E-state index contributed by atoms with van der Waals surface area (Å²) in [6, 6.07) is 7.07. The highest BCUT2D eigenvalue weighted by molar-refractivity contribution is 5.29. The lowest BCUT2D eigenvalue weighted by atomic mass is 9.91. The van der Waals surface area contributed by atoms with Crippen molar-refractivity contribution in [3.05, 3.63) is 35.4 Å². The van der Waals surface area contributed by atoms with Gasteiger partial charge in [-0.15, -0.1) is 0 Å². The lowest BCUT2D eigenvalue weighted by Crippen LogP contribution is -2.40. The van der Waals surface area contributed by atoms with Crippen LogP contribution in [0.15, 0.2) is 24.3 Å². The van der Waals surface area contributed by atoms with Crippen molar-refractivity contribution >= 4 is 0 Å². The van der Waals surface area contributed by atoms with Gasteiger partial charge >= 0.3 is 0 Å². The van der Waals surface area contributed by atoms with Crippen molar-refractivity contribution in [3.63, 3.8) is 0 Å². The maximum absolute atomic E-state index is 12.6. The van der Waals surface area contributed by atoms with Gasteiger partial charge in [0.05, 0.1) is 5.54 Å². The molecule has 0 saturated heterocycles. The van der Waals surface area contributed by atoms with Crippen LogP contribution >= 0.6 is 0 Å². The Hall–Kier alpha value is -0.960. The van der Waals surface area contributed by atoms with E-state index in [1.165, 1.54) is 6.92 Å². The quantitative estimate of drug-likeness (QED) is 0.819. The fourth-order valence-corrected chi connectivity index (χ4v) is 1.35. The van der Waals surface area contributed by atoms with Crippen molar-refractivity contribution in [2.45, 2.75) is 38.7 Å². The Morgan fingerprint density at radius 3 is 1.93 bits per heavy atom. The van der Waals surface area contributed by atoms with Crippen molar-refractivity contribution in [3.8, 4) is 0 Å². The van der Waals surface area contributed by atoms with E-state index in [0.717, 1.165) is 5.56 Å². The van der Waals surface area contributed by atoms with Crippen LogP contribution in [0, 0.1) is 0 Å². The second kappa shape index (κ2) is 4.27. The highest BCUT2D eigenvalue weighted by Gasteiger charge is 2.32. The van der Waals surface area contributed by atoms with Gasteiger partial charge in [0.15, 0.2) is 0 Å². The fourth-order valence-electron chi connectivity index (χ4n) is 1.35. The molecule has 1 atom stereocenters. The number of rotatable bonds is 3. The number of nitrogens with two attached hydrogens (primary N) is 1. The molecular weight excluding hydrogens is 196 g/mol. The molecule has 1 nitrogen and oxygen atoms in total. The Balaban J connectivity index is 2.98. The molecule has 84 valence electrons. The van der Waals surface area contributed by atoms with Crippen molar-refractivity contribution < 1.29 is 8.78 Å². The minimum atomic E-state index is -2.55. The third-order valence-electron chi connectivity index (χ3n) is 2.65. The van der Waals surface area contributed by atoms with Crippen molar-refractivity contribution in [2.24, 2.45) is 5.73 Å². The predicted octanol–water partition coefficient (Wildman–Crippen LogP) is 3.25. The molecule has 0 fully saturated rings. The molecule has 0 aliphatic rings. The van der Waals surface area contributed by atoms with Gasteiger partial charge in [-0.1, -0.05) is 38.1 Å². The molecule has 0 spiro atoms. The van der Waals surface area contributed by atoms with E-state index in [1.807, 2.05) is 12.1 Å². The molecule has 3 heteroatoms. The van der Waals surface area contributed by atoms with Crippen LogP contribution in [0.3, 0.4) is 0 Å². The van der Waals surface area contributed by atoms with E-state index < -0.39 is 12.0 Å². The summed E-state index contributed by atoms with van der Waals surface area (Å²) < 4.78 is 25.3. The Kier molecular flexibility index (Phi) is 3.45. The molecule has 0 aromatic heterocycles. The number of alkyl halides is 2. The maximum atomic E-state index is 12.6. The smallest absolute Gasteiger partial charge is 0.260 e. The van der Waals surface area contributed by atoms with E-state index in [9.17, 15) is 8.78 Å². The van der Waals surface area contributed by atoms with Gasteiger partial charge in [0.2, 0.25) is 0 Å². The van der Waals surface area contributed by atoms with Gasteiger partial charge in [0, 0.05) is 0 Å². The van der Waals surface area contributed by atoms with Crippen LogP contribution in [0.1, 0.15) is 37.8 Å². The number of halogens is 2. The van der Waals surface area contributed by atoms with Gasteiger partial charge in [0.1, 0.15) is 0 Å². The topological polar surface area (TPSA) is 26.0 Å². The maximum Gasteiger partial charge on any atom is 0.260 e. The molecule has 0 bridgehead atoms. The molecule has 0 saturated carbocycles. The summed E-state index contributed by atoms with van der Waals surface area (Å²) in [4.78, 5) is 0. The second-order valence-corrected chi connectivity index (χ2v) is 4.36. The molecule has 0 aliphatic carbocycles. The third-order valence-corrected chi connectivity index (χ3v) is 2.65. The molecule has 15 heavy (non-hydrogen) atoms. The highest BCUT2D eigenvalue weighted by atomic mass is 19.3. The summed E-state index contributed by atoms with van der Waals surface area (Å²) >= 11 is 0. The zero-order valence-corrected chi connectivity index (χ0v) is 9.30. The molecule has 1 rings (SSSR count). The van der Waals surface area contributed by atoms with Gasteiger partial charge < -0.3 is 5.73 Å². The Labute approximate surface area is 89.3 Å². The first-order valence-electron chi connectivity index (χ1n) is 5.03. The fraction of sp³-hybridized carbons (Fsp3) is 0.500. The van der Waals surface area contributed by atoms with Gasteiger partial charge in [0.25, 0.3) is 6.43 Å². The first-order valence-corrected chi connectivity index (χ1v) is 5.03. The Bertz CT molecular complexity index is 315. The summed E-state index contributed by atoms with van der Waals surface area (Å²) in [5.41, 5.74) is 5.60. The van der Waals surface area contributed by atoms with E-state index >= 15 is 0 Å². The van der Waals surface area contributed by atoms with Crippen LogP contribution < -0.4 is 5.73 Å². The minimum Gasteiger partial charge on any atom is -0.317 e. The molecule has 0 radical (unpaired) electrons. The molecule has 1 unspecified atom stereocenters. The standard InChI is InChI=1S/C12H17F2N/c1-8(2)9-4-6-10(7-5-9)12(3,15)11(13)14/h4-8,11H,15H2,1-3H3. The van der Waals surface area contributed by atoms with Crippen molar-refractivity contribution in [1.82, 2.24) is 0 Å². The van der Waals surface area contributed by atoms with Gasteiger partial charge in [-0.3, -0.25) is 0 Å². The second-order valence-electron chi connectivity index (χ2n) is 4.36. The largest absolute Gasteiger partial charge is 0.317 e. The van der Waals surface area contributed by atoms with Crippen LogP contribution in [0.2, 0.25) is 0 Å². The molecule has 0 aliphatic heterocycles. The van der Waals surface area contributed by atoms with Crippen molar-refractivity contribution in [2.75, 3.05) is 0 Å². The Morgan fingerprint density at radius 2 is 1.60 bits per heavy atom. The van der Waals surface area contributed by atoms with E-state index in [-0.39, 0.29) is 0 Å². The highest BCUT2D eigenvalue weighted by Crippen LogP contribution is 2.26. The van der Waals surface area contributed by atoms with Crippen LogP contribution in [0.5, 0.6) is 0 Å². The summed E-state index contributed by atoms with van der Waals surface area (Å²) in [5, 5.41) is 0. The van der Waals surface area contributed by atoms with Crippen LogP contribution in [0.25, 0.3) is 0 Å². The summed E-state index contributed by atoms with van der Waals surface area (Å²) in [7, 11) is 0. The molecule has 1 aromatic rings. The van der Waals surface area contributed by atoms with Crippen LogP contribution in [-0.4, -0.2) is 6.43 Å². The molecular formula is C12H17F2N. The zero-order chi connectivity index (χ0) is 11.6. The van der Waals surface area contributed by atoms with E-state index in [4.69, 9.17) is 5.73 Å². The SMILES string of the molecule is CC(C)c1ccc(C(C)(N)C(F)F)cc1. The third kappa shape index (κ3) is 2.53. The van der Waals surface area contributed by atoms with Gasteiger partial charge in [-0.25, -0.2) is 8.78 Å².